The first kappa shape index (κ1) is 28.6. The number of unbranched alkanes of at least 4 members (excludes halogenated alkanes) is 4. The first-order chi connectivity index (χ1) is 15.7. The van der Waals surface area contributed by atoms with Gasteiger partial charge in [0.1, 0.15) is 6.17 Å². The highest BCUT2D eigenvalue weighted by Crippen LogP contribution is 2.66. The second-order valence-electron chi connectivity index (χ2n) is 12.4. The molecule has 2 fully saturated rings. The minimum atomic E-state index is -0.701. The lowest BCUT2D eigenvalue weighted by Gasteiger charge is -2.39. The van der Waals surface area contributed by atoms with Crippen molar-refractivity contribution in [1.29, 1.82) is 0 Å². The highest BCUT2D eigenvalue weighted by atomic mass is 19.1. The second kappa shape index (κ2) is 13.5. The number of hydrogen-bond donors (Lipinski definition) is 0. The van der Waals surface area contributed by atoms with Gasteiger partial charge in [0.15, 0.2) is 0 Å². The molecule has 7 unspecified atom stereocenters. The number of alkyl halides is 1. The van der Waals surface area contributed by atoms with Crippen LogP contribution >= 0.6 is 0 Å². The van der Waals surface area contributed by atoms with E-state index in [0.29, 0.717) is 30.1 Å². The van der Waals surface area contributed by atoms with Crippen molar-refractivity contribution in [3.63, 3.8) is 0 Å². The van der Waals surface area contributed by atoms with Crippen LogP contribution in [0.15, 0.2) is 23.8 Å². The number of halogens is 1. The number of allylic oxidation sites excluding steroid dienone is 3. The molecule has 0 radical (unpaired) electrons. The molecule has 33 heavy (non-hydrogen) atoms. The van der Waals surface area contributed by atoms with Gasteiger partial charge in [-0.2, -0.15) is 0 Å². The van der Waals surface area contributed by atoms with E-state index in [-0.39, 0.29) is 11.3 Å². The summed E-state index contributed by atoms with van der Waals surface area (Å²) in [4.78, 5) is 0. The topological polar surface area (TPSA) is 0 Å². The molecule has 0 aliphatic heterocycles. The Balaban J connectivity index is 2.30. The number of fused-ring (bicyclic) bond motifs is 1. The van der Waals surface area contributed by atoms with Crippen molar-refractivity contribution in [2.75, 3.05) is 0 Å². The Morgan fingerprint density at radius 1 is 1.06 bits per heavy atom. The third-order valence-corrected chi connectivity index (χ3v) is 9.62. The molecule has 0 heterocycles. The van der Waals surface area contributed by atoms with E-state index in [1.807, 2.05) is 0 Å². The van der Waals surface area contributed by atoms with Gasteiger partial charge in [-0.05, 0) is 80.0 Å². The Labute approximate surface area is 207 Å². The van der Waals surface area contributed by atoms with Crippen LogP contribution < -0.4 is 0 Å². The van der Waals surface area contributed by atoms with Crippen LogP contribution in [0.2, 0.25) is 0 Å². The molecule has 0 spiro atoms. The Kier molecular flexibility index (Phi) is 11.7. The maximum atomic E-state index is 16.1. The third-order valence-electron chi connectivity index (χ3n) is 9.62. The van der Waals surface area contributed by atoms with E-state index in [9.17, 15) is 0 Å². The van der Waals surface area contributed by atoms with Gasteiger partial charge in [-0.3, -0.25) is 0 Å². The monoisotopic (exact) mass is 460 g/mol. The van der Waals surface area contributed by atoms with Gasteiger partial charge in [0.25, 0.3) is 0 Å². The molecule has 1 heteroatoms. The van der Waals surface area contributed by atoms with Gasteiger partial charge in [-0.25, -0.2) is 4.39 Å². The highest BCUT2D eigenvalue weighted by molar-refractivity contribution is 5.35. The molecular formula is C32H57F. The summed E-state index contributed by atoms with van der Waals surface area (Å²) in [6.07, 6.45) is 17.1. The van der Waals surface area contributed by atoms with Crippen molar-refractivity contribution >= 4 is 0 Å². The second-order valence-corrected chi connectivity index (χ2v) is 12.4. The smallest absolute Gasteiger partial charge is 0.107 e. The fraction of sp³-hybridized carbons (Fsp3) is 0.875. The summed E-state index contributed by atoms with van der Waals surface area (Å²) >= 11 is 0. The van der Waals surface area contributed by atoms with E-state index >= 15 is 4.39 Å². The molecule has 0 saturated heterocycles. The maximum absolute atomic E-state index is 16.1. The lowest BCUT2D eigenvalue weighted by molar-refractivity contribution is 0.103. The summed E-state index contributed by atoms with van der Waals surface area (Å²) in [7, 11) is 0. The van der Waals surface area contributed by atoms with Gasteiger partial charge in [0.05, 0.1) is 0 Å². The fourth-order valence-electron chi connectivity index (χ4n) is 6.85. The zero-order valence-corrected chi connectivity index (χ0v) is 23.4. The SMILES string of the molecule is C=C1C2CC(F)C(/C(=C/CCC)CCCCCC)CC(C(CCC(C)CC)C(C)C)CC12C. The lowest BCUT2D eigenvalue weighted by atomic mass is 9.67. The standard InChI is InChI=1S/C32H57F/c1-9-12-14-15-17-26(16-13-10-2)29-20-27(28(23(4)5)19-18-24(6)11-3)22-32(8)25(7)30(32)21-31(29)33/h16,23-24,27-31H,7,9-15,17-22H2,1-6,8H3/b26-16+. The molecule has 2 aliphatic rings. The van der Waals surface area contributed by atoms with Gasteiger partial charge in [0, 0.05) is 5.92 Å². The molecule has 0 N–H and O–H groups in total. The number of rotatable bonds is 14. The lowest BCUT2D eigenvalue weighted by Crippen LogP contribution is -2.32. The molecule has 2 saturated carbocycles. The van der Waals surface area contributed by atoms with Crippen LogP contribution in [-0.4, -0.2) is 6.17 Å². The molecule has 2 rings (SSSR count). The zero-order chi connectivity index (χ0) is 24.6. The molecule has 0 aromatic carbocycles. The summed E-state index contributed by atoms with van der Waals surface area (Å²) < 4.78 is 16.1. The van der Waals surface area contributed by atoms with E-state index in [1.165, 1.54) is 62.5 Å². The average Bonchev–Trinajstić information content (AvgIpc) is 3.26. The molecule has 0 aromatic rings. The molecule has 0 nitrogen and oxygen atoms in total. The van der Waals surface area contributed by atoms with Gasteiger partial charge in [0.2, 0.25) is 0 Å². The summed E-state index contributed by atoms with van der Waals surface area (Å²) in [5.41, 5.74) is 3.00. The average molecular weight is 461 g/mol. The quantitative estimate of drug-likeness (QED) is 0.178. The van der Waals surface area contributed by atoms with Crippen molar-refractivity contribution in [1.82, 2.24) is 0 Å². The van der Waals surface area contributed by atoms with Crippen LogP contribution in [0.1, 0.15) is 132 Å². The Bertz CT molecular complexity index is 616. The molecule has 2 aliphatic carbocycles. The van der Waals surface area contributed by atoms with E-state index in [2.05, 4.69) is 61.1 Å². The van der Waals surface area contributed by atoms with Crippen LogP contribution in [-0.2, 0) is 0 Å². The largest absolute Gasteiger partial charge is 0.247 e. The summed E-state index contributed by atoms with van der Waals surface area (Å²) in [5.74, 6) is 3.31. The van der Waals surface area contributed by atoms with Crippen LogP contribution in [0, 0.1) is 40.9 Å². The van der Waals surface area contributed by atoms with Gasteiger partial charge in [-0.1, -0.05) is 111 Å². The fourth-order valence-corrected chi connectivity index (χ4v) is 6.85. The summed E-state index contributed by atoms with van der Waals surface area (Å²) in [6, 6.07) is 0. The zero-order valence-electron chi connectivity index (χ0n) is 23.4. The third kappa shape index (κ3) is 7.70. The predicted octanol–water partition coefficient (Wildman–Crippen LogP) is 10.7. The van der Waals surface area contributed by atoms with E-state index < -0.39 is 6.17 Å². The van der Waals surface area contributed by atoms with Crippen LogP contribution in [0.4, 0.5) is 4.39 Å². The van der Waals surface area contributed by atoms with Gasteiger partial charge >= 0.3 is 0 Å². The van der Waals surface area contributed by atoms with E-state index in [1.54, 1.807) is 0 Å². The molecule has 7 atom stereocenters. The van der Waals surface area contributed by atoms with Crippen molar-refractivity contribution in [2.24, 2.45) is 40.9 Å². The van der Waals surface area contributed by atoms with Crippen molar-refractivity contribution in [3.8, 4) is 0 Å². The molecule has 192 valence electrons. The molecule has 0 bridgehead atoms. The first-order valence-electron chi connectivity index (χ1n) is 14.7. The number of hydrogen-bond acceptors (Lipinski definition) is 0. The summed E-state index contributed by atoms with van der Waals surface area (Å²) in [6.45, 7) is 20.9. The van der Waals surface area contributed by atoms with E-state index in [4.69, 9.17) is 0 Å². The Hall–Kier alpha value is -0.590. The Morgan fingerprint density at radius 2 is 1.79 bits per heavy atom. The van der Waals surface area contributed by atoms with Gasteiger partial charge in [-0.15, -0.1) is 0 Å². The summed E-state index contributed by atoms with van der Waals surface area (Å²) in [5, 5.41) is 0. The predicted molar refractivity (Wildman–Crippen MR) is 145 cm³/mol. The molecule has 0 aromatic heterocycles. The highest BCUT2D eigenvalue weighted by Gasteiger charge is 2.58. The maximum Gasteiger partial charge on any atom is 0.107 e. The molecular weight excluding hydrogens is 403 g/mol. The van der Waals surface area contributed by atoms with E-state index in [0.717, 1.165) is 31.6 Å². The minimum absolute atomic E-state index is 0.131. The van der Waals surface area contributed by atoms with Crippen molar-refractivity contribution in [3.05, 3.63) is 23.8 Å². The Morgan fingerprint density at radius 3 is 2.39 bits per heavy atom. The molecule has 0 amide bonds. The van der Waals surface area contributed by atoms with Crippen LogP contribution in [0.5, 0.6) is 0 Å². The van der Waals surface area contributed by atoms with Crippen molar-refractivity contribution < 1.29 is 4.39 Å². The minimum Gasteiger partial charge on any atom is -0.247 e. The van der Waals surface area contributed by atoms with Crippen molar-refractivity contribution in [2.45, 2.75) is 138 Å². The van der Waals surface area contributed by atoms with Gasteiger partial charge < -0.3 is 0 Å². The first-order valence-corrected chi connectivity index (χ1v) is 14.7. The normalized spacial score (nSPS) is 32.3. The van der Waals surface area contributed by atoms with Crippen LogP contribution in [0.3, 0.4) is 0 Å². The van der Waals surface area contributed by atoms with Crippen LogP contribution in [0.25, 0.3) is 0 Å².